The second kappa shape index (κ2) is 12.5. The number of nitriles is 1. The van der Waals surface area contributed by atoms with E-state index in [9.17, 15) is 19.6 Å². The molecule has 3 heterocycles. The van der Waals surface area contributed by atoms with Gasteiger partial charge in [-0.05, 0) is 60.4 Å². The number of anilines is 1. The number of aryl methyl sites for hydroxylation is 1. The molecule has 3 aromatic carbocycles. The van der Waals surface area contributed by atoms with Crippen LogP contribution in [0, 0.1) is 17.1 Å². The van der Waals surface area contributed by atoms with E-state index in [1.165, 1.54) is 4.90 Å². The average molecular weight is 596 g/mol. The summed E-state index contributed by atoms with van der Waals surface area (Å²) in [5, 5.41) is 11.6. The van der Waals surface area contributed by atoms with Crippen molar-refractivity contribution in [2.75, 3.05) is 31.1 Å². The van der Waals surface area contributed by atoms with Crippen LogP contribution in [-0.2, 0) is 35.7 Å². The fourth-order valence-corrected chi connectivity index (χ4v) is 6.25. The number of imide groups is 1. The zero-order valence-electron chi connectivity index (χ0n) is 24.6. The summed E-state index contributed by atoms with van der Waals surface area (Å²) in [5.41, 5.74) is 5.33. The number of fused-ring (bicyclic) bond motifs is 1. The molecule has 9 nitrogen and oxygen atoms in total. The minimum absolute atomic E-state index is 0.00180. The molecule has 0 spiro atoms. The average Bonchev–Trinajstić information content (AvgIpc) is 3.37. The lowest BCUT2D eigenvalue weighted by Gasteiger charge is -2.36. The van der Waals surface area contributed by atoms with Crippen molar-refractivity contribution in [2.45, 2.75) is 51.9 Å². The highest BCUT2D eigenvalue weighted by Gasteiger charge is 2.40. The largest absolute Gasteiger partial charge is 0.488 e. The molecule has 10 heteroatoms. The number of hydrogen-bond acceptors (Lipinski definition) is 7. The van der Waals surface area contributed by atoms with Crippen molar-refractivity contribution in [2.24, 2.45) is 0 Å². The Morgan fingerprint density at radius 1 is 1.02 bits per heavy atom. The van der Waals surface area contributed by atoms with Crippen LogP contribution < -0.4 is 15.0 Å². The summed E-state index contributed by atoms with van der Waals surface area (Å²) in [7, 11) is 0. The number of piperazine rings is 1. The number of rotatable bonds is 8. The third-order valence-corrected chi connectivity index (χ3v) is 8.77. The van der Waals surface area contributed by atoms with E-state index in [-0.39, 0.29) is 43.6 Å². The molecule has 1 atom stereocenters. The molecule has 1 N–H and O–H groups in total. The molecular formula is C34H34FN5O4. The number of piperidine rings is 1. The lowest BCUT2D eigenvalue weighted by atomic mass is 10.0. The Morgan fingerprint density at radius 3 is 2.57 bits per heavy atom. The van der Waals surface area contributed by atoms with Crippen molar-refractivity contribution in [3.8, 4) is 11.8 Å². The second-order valence-corrected chi connectivity index (χ2v) is 11.5. The maximum Gasteiger partial charge on any atom is 0.255 e. The van der Waals surface area contributed by atoms with Crippen molar-refractivity contribution in [3.05, 3.63) is 93.8 Å². The van der Waals surface area contributed by atoms with E-state index >= 15 is 4.39 Å². The van der Waals surface area contributed by atoms with Gasteiger partial charge in [0.2, 0.25) is 11.8 Å². The number of benzene rings is 3. The number of nitrogens with zero attached hydrogens (tertiary/aromatic N) is 4. The Kier molecular flexibility index (Phi) is 8.31. The molecule has 2 saturated heterocycles. The molecule has 0 aromatic heterocycles. The summed E-state index contributed by atoms with van der Waals surface area (Å²) >= 11 is 0. The normalized spacial score (nSPS) is 18.7. The maximum atomic E-state index is 15.2. The molecule has 0 aliphatic carbocycles. The van der Waals surface area contributed by atoms with Gasteiger partial charge in [-0.3, -0.25) is 24.6 Å². The van der Waals surface area contributed by atoms with Crippen molar-refractivity contribution in [1.82, 2.24) is 15.1 Å². The Hall–Kier alpha value is -4.75. The smallest absolute Gasteiger partial charge is 0.255 e. The maximum absolute atomic E-state index is 15.2. The Bertz CT molecular complexity index is 1660. The molecule has 2 fully saturated rings. The van der Waals surface area contributed by atoms with E-state index in [0.717, 1.165) is 55.0 Å². The molecule has 226 valence electrons. The standard InChI is InChI=1S/C34H34FN5O4/c1-2-23-17-26(9-8-24(23)18-36)39-14-12-38(13-15-39)19-22-6-7-25(29(35)16-22)21-44-31-5-3-4-27-28(31)20-40(34(27)43)30-10-11-32(41)37-33(30)42/h3-9,16-17,30H,2,10-15,19-21H2,1H3,(H,37,41,42)/t30-/m0/s1. The van der Waals surface area contributed by atoms with Crippen LogP contribution in [0.1, 0.15) is 57.9 Å². The predicted molar refractivity (Wildman–Crippen MR) is 161 cm³/mol. The van der Waals surface area contributed by atoms with Crippen LogP contribution in [0.15, 0.2) is 54.6 Å². The third-order valence-electron chi connectivity index (χ3n) is 8.77. The van der Waals surface area contributed by atoms with Gasteiger partial charge in [-0.2, -0.15) is 5.26 Å². The number of nitrogens with one attached hydrogen (secondary N) is 1. The lowest BCUT2D eigenvalue weighted by molar-refractivity contribution is -0.136. The summed E-state index contributed by atoms with van der Waals surface area (Å²) in [5.74, 6) is -0.954. The monoisotopic (exact) mass is 595 g/mol. The fourth-order valence-electron chi connectivity index (χ4n) is 6.25. The van der Waals surface area contributed by atoms with Gasteiger partial charge >= 0.3 is 0 Å². The second-order valence-electron chi connectivity index (χ2n) is 11.5. The van der Waals surface area contributed by atoms with Crippen molar-refractivity contribution < 1.29 is 23.5 Å². The first-order valence-electron chi connectivity index (χ1n) is 15.0. The molecule has 3 aliphatic rings. The lowest BCUT2D eigenvalue weighted by Crippen LogP contribution is -2.52. The molecule has 44 heavy (non-hydrogen) atoms. The minimum Gasteiger partial charge on any atom is -0.488 e. The Labute approximate surface area is 255 Å². The third kappa shape index (κ3) is 5.88. The predicted octanol–water partition coefficient (Wildman–Crippen LogP) is 3.92. The first-order valence-corrected chi connectivity index (χ1v) is 15.0. The van der Waals surface area contributed by atoms with Gasteiger partial charge in [0.25, 0.3) is 5.91 Å². The molecule has 3 aromatic rings. The van der Waals surface area contributed by atoms with Crippen molar-refractivity contribution >= 4 is 23.4 Å². The number of carbonyl (C=O) groups excluding carboxylic acids is 3. The zero-order valence-corrected chi connectivity index (χ0v) is 24.6. The molecule has 0 unspecified atom stereocenters. The van der Waals surface area contributed by atoms with E-state index < -0.39 is 11.9 Å². The zero-order chi connectivity index (χ0) is 30.8. The molecular weight excluding hydrogens is 561 g/mol. The summed E-state index contributed by atoms with van der Waals surface area (Å²) in [4.78, 5) is 43.1. The summed E-state index contributed by atoms with van der Waals surface area (Å²) in [6, 6.07) is 17.9. The first kappa shape index (κ1) is 29.3. The van der Waals surface area contributed by atoms with Crippen LogP contribution in [-0.4, -0.2) is 59.7 Å². The van der Waals surface area contributed by atoms with E-state index in [1.54, 1.807) is 30.3 Å². The molecule has 0 bridgehead atoms. The Balaban J connectivity index is 1.05. The minimum atomic E-state index is -0.710. The molecule has 3 amide bonds. The molecule has 6 rings (SSSR count). The summed E-state index contributed by atoms with van der Waals surface area (Å²) in [6.45, 7) is 6.30. The van der Waals surface area contributed by atoms with Crippen LogP contribution in [0.2, 0.25) is 0 Å². The van der Waals surface area contributed by atoms with Gasteiger partial charge in [-0.1, -0.05) is 25.1 Å². The molecule has 0 radical (unpaired) electrons. The van der Waals surface area contributed by atoms with Gasteiger partial charge in [-0.15, -0.1) is 0 Å². The van der Waals surface area contributed by atoms with Crippen LogP contribution in [0.4, 0.5) is 10.1 Å². The highest BCUT2D eigenvalue weighted by Crippen LogP contribution is 2.34. The van der Waals surface area contributed by atoms with E-state index in [0.29, 0.717) is 29.0 Å². The van der Waals surface area contributed by atoms with Crippen LogP contribution in [0.3, 0.4) is 0 Å². The van der Waals surface area contributed by atoms with Crippen LogP contribution in [0.5, 0.6) is 5.75 Å². The van der Waals surface area contributed by atoms with Gasteiger partial charge in [0, 0.05) is 61.5 Å². The topological polar surface area (TPSA) is 106 Å². The van der Waals surface area contributed by atoms with Gasteiger partial charge in [0.1, 0.15) is 24.2 Å². The van der Waals surface area contributed by atoms with Crippen LogP contribution >= 0.6 is 0 Å². The van der Waals surface area contributed by atoms with E-state index in [4.69, 9.17) is 4.74 Å². The number of ether oxygens (including phenoxy) is 1. The number of hydrogen-bond donors (Lipinski definition) is 1. The first-order chi connectivity index (χ1) is 21.3. The summed E-state index contributed by atoms with van der Waals surface area (Å²) < 4.78 is 21.2. The highest BCUT2D eigenvalue weighted by atomic mass is 19.1. The highest BCUT2D eigenvalue weighted by molar-refractivity contribution is 6.05. The SMILES string of the molecule is CCc1cc(N2CCN(Cc3ccc(COc4cccc5c4CN([C@H]4CCC(=O)NC4=O)C5=O)c(F)c3)CC2)ccc1C#N. The van der Waals surface area contributed by atoms with Gasteiger partial charge < -0.3 is 14.5 Å². The molecule has 3 aliphatic heterocycles. The quantitative estimate of drug-likeness (QED) is 0.394. The summed E-state index contributed by atoms with van der Waals surface area (Å²) in [6.07, 6.45) is 1.29. The number of amides is 3. The van der Waals surface area contributed by atoms with Crippen molar-refractivity contribution in [1.29, 1.82) is 5.26 Å². The van der Waals surface area contributed by atoms with Gasteiger partial charge in [0.05, 0.1) is 18.2 Å². The van der Waals surface area contributed by atoms with Crippen molar-refractivity contribution in [3.63, 3.8) is 0 Å². The molecule has 0 saturated carbocycles. The fraction of sp³-hybridized carbons (Fsp3) is 0.353. The van der Waals surface area contributed by atoms with Crippen LogP contribution in [0.25, 0.3) is 0 Å². The van der Waals surface area contributed by atoms with E-state index in [1.807, 2.05) is 18.2 Å². The van der Waals surface area contributed by atoms with E-state index in [2.05, 4.69) is 34.2 Å². The number of halogens is 1. The van der Waals surface area contributed by atoms with Gasteiger partial charge in [-0.25, -0.2) is 4.39 Å². The van der Waals surface area contributed by atoms with Gasteiger partial charge in [0.15, 0.2) is 0 Å². The number of carbonyl (C=O) groups is 3. The Morgan fingerprint density at radius 2 is 1.84 bits per heavy atom.